The van der Waals surface area contributed by atoms with Gasteiger partial charge < -0.3 is 10.2 Å². The first-order valence-electron chi connectivity index (χ1n) is 9.68. The summed E-state index contributed by atoms with van der Waals surface area (Å²) in [6, 6.07) is 14.8. The van der Waals surface area contributed by atoms with Crippen LogP contribution in [0, 0.1) is 5.92 Å². The number of hydrogen-bond donors (Lipinski definition) is 1. The Hall–Kier alpha value is -2.08. The smallest absolute Gasteiger partial charge is 0.236 e. The lowest BCUT2D eigenvalue weighted by Gasteiger charge is -2.32. The van der Waals surface area contributed by atoms with E-state index >= 15 is 0 Å². The zero-order valence-electron chi connectivity index (χ0n) is 16.4. The summed E-state index contributed by atoms with van der Waals surface area (Å²) in [5.41, 5.74) is 1.72. The van der Waals surface area contributed by atoms with E-state index < -0.39 is 0 Å². The number of nitrogens with zero attached hydrogens (tertiary/aromatic N) is 2. The molecule has 29 heavy (non-hydrogen) atoms. The molecule has 1 N–H and O–H groups in total. The van der Waals surface area contributed by atoms with Crippen LogP contribution in [0.3, 0.4) is 0 Å². The lowest BCUT2D eigenvalue weighted by molar-refractivity contribution is -0.133. The number of nitrogens with one attached hydrogen (secondary N) is 1. The van der Waals surface area contributed by atoms with Crippen molar-refractivity contribution in [2.24, 2.45) is 5.92 Å². The van der Waals surface area contributed by atoms with Gasteiger partial charge in [-0.1, -0.05) is 47.5 Å². The number of likely N-dealkylation sites (tertiary alicyclic amines) is 1. The molecule has 1 heterocycles. The van der Waals surface area contributed by atoms with E-state index in [-0.39, 0.29) is 17.7 Å². The molecule has 0 aromatic heterocycles. The normalized spacial score (nSPS) is 17.0. The molecule has 154 valence electrons. The third-order valence-corrected chi connectivity index (χ3v) is 5.85. The zero-order chi connectivity index (χ0) is 20.8. The van der Waals surface area contributed by atoms with Gasteiger partial charge in [0, 0.05) is 25.8 Å². The molecule has 0 bridgehead atoms. The van der Waals surface area contributed by atoms with Crippen LogP contribution in [0.4, 0.5) is 5.69 Å². The fraction of sp³-hybridized carbons (Fsp3) is 0.364. The summed E-state index contributed by atoms with van der Waals surface area (Å²) in [4.78, 5) is 29.0. The van der Waals surface area contributed by atoms with Crippen molar-refractivity contribution in [3.05, 3.63) is 64.1 Å². The Bertz CT molecular complexity index is 860. The number of carbonyl (C=O) groups excluding carboxylic acids is 2. The van der Waals surface area contributed by atoms with Gasteiger partial charge in [-0.25, -0.2) is 0 Å². The molecule has 1 fully saturated rings. The second kappa shape index (κ2) is 10.1. The Morgan fingerprint density at radius 2 is 1.90 bits per heavy atom. The van der Waals surface area contributed by atoms with Crippen LogP contribution in [0.1, 0.15) is 18.4 Å². The van der Waals surface area contributed by atoms with Crippen molar-refractivity contribution in [1.29, 1.82) is 0 Å². The number of carbonyl (C=O) groups is 2. The summed E-state index contributed by atoms with van der Waals surface area (Å²) < 4.78 is 0. The second-order valence-electron chi connectivity index (χ2n) is 7.43. The van der Waals surface area contributed by atoms with Crippen LogP contribution >= 0.6 is 23.2 Å². The highest BCUT2D eigenvalue weighted by Crippen LogP contribution is 2.23. The molecule has 0 aliphatic carbocycles. The van der Waals surface area contributed by atoms with Gasteiger partial charge >= 0.3 is 0 Å². The Morgan fingerprint density at radius 1 is 1.14 bits per heavy atom. The minimum atomic E-state index is -0.114. The van der Waals surface area contributed by atoms with E-state index in [0.29, 0.717) is 29.7 Å². The summed E-state index contributed by atoms with van der Waals surface area (Å²) >= 11 is 12.0. The Morgan fingerprint density at radius 3 is 2.62 bits per heavy atom. The van der Waals surface area contributed by atoms with Gasteiger partial charge in [-0.05, 0) is 49.2 Å². The SMILES string of the molecule is CN(Cc1ccc(Cl)c(Cl)c1)C(=O)CN1CCCC(C(=O)Nc2ccccc2)C1. The van der Waals surface area contributed by atoms with E-state index in [9.17, 15) is 9.59 Å². The van der Waals surface area contributed by atoms with Crippen molar-refractivity contribution in [1.82, 2.24) is 9.80 Å². The van der Waals surface area contributed by atoms with Gasteiger partial charge in [0.15, 0.2) is 0 Å². The molecular weight excluding hydrogens is 409 g/mol. The number of likely N-dealkylation sites (N-methyl/N-ethyl adjacent to an activating group) is 1. The number of halogens is 2. The minimum Gasteiger partial charge on any atom is -0.340 e. The van der Waals surface area contributed by atoms with E-state index in [4.69, 9.17) is 23.2 Å². The maximum atomic E-state index is 12.7. The first-order valence-corrected chi connectivity index (χ1v) is 10.4. The number of amides is 2. The Balaban J connectivity index is 1.51. The van der Waals surface area contributed by atoms with Crippen molar-refractivity contribution < 1.29 is 9.59 Å². The number of rotatable bonds is 6. The van der Waals surface area contributed by atoms with Crippen molar-refractivity contribution >= 4 is 40.7 Å². The molecule has 1 atom stereocenters. The van der Waals surface area contributed by atoms with Crippen LogP contribution in [-0.2, 0) is 16.1 Å². The molecule has 3 rings (SSSR count). The van der Waals surface area contributed by atoms with Crippen LogP contribution in [-0.4, -0.2) is 48.3 Å². The summed E-state index contributed by atoms with van der Waals surface area (Å²) in [5, 5.41) is 3.94. The van der Waals surface area contributed by atoms with Crippen molar-refractivity contribution in [2.45, 2.75) is 19.4 Å². The molecule has 0 radical (unpaired) electrons. The molecule has 0 spiro atoms. The van der Waals surface area contributed by atoms with E-state index in [1.165, 1.54) is 0 Å². The van der Waals surface area contributed by atoms with E-state index in [2.05, 4.69) is 10.2 Å². The highest BCUT2D eigenvalue weighted by Gasteiger charge is 2.27. The third kappa shape index (κ3) is 6.20. The monoisotopic (exact) mass is 433 g/mol. The summed E-state index contributed by atoms with van der Waals surface area (Å²) in [6.07, 6.45) is 1.74. The van der Waals surface area contributed by atoms with Crippen molar-refractivity contribution in [3.8, 4) is 0 Å². The van der Waals surface area contributed by atoms with Gasteiger partial charge in [0.2, 0.25) is 11.8 Å². The lowest BCUT2D eigenvalue weighted by Crippen LogP contribution is -2.45. The molecule has 2 aromatic carbocycles. The molecule has 2 amide bonds. The minimum absolute atomic E-state index is 0.0116. The van der Waals surface area contributed by atoms with Crippen LogP contribution < -0.4 is 5.32 Å². The van der Waals surface area contributed by atoms with E-state index in [1.54, 1.807) is 24.1 Å². The Labute approximate surface area is 181 Å². The highest BCUT2D eigenvalue weighted by molar-refractivity contribution is 6.42. The lowest BCUT2D eigenvalue weighted by atomic mass is 9.97. The molecule has 1 saturated heterocycles. The number of piperidine rings is 1. The van der Waals surface area contributed by atoms with Gasteiger partial charge in [-0.2, -0.15) is 0 Å². The van der Waals surface area contributed by atoms with Crippen LogP contribution in [0.15, 0.2) is 48.5 Å². The quantitative estimate of drug-likeness (QED) is 0.738. The summed E-state index contributed by atoms with van der Waals surface area (Å²) in [5.74, 6) is -0.0881. The maximum absolute atomic E-state index is 12.7. The molecule has 1 aliphatic heterocycles. The van der Waals surface area contributed by atoms with Gasteiger partial charge in [-0.15, -0.1) is 0 Å². The number of hydrogen-bond acceptors (Lipinski definition) is 3. The van der Waals surface area contributed by atoms with Crippen LogP contribution in [0.2, 0.25) is 10.0 Å². The van der Waals surface area contributed by atoms with Crippen molar-refractivity contribution in [2.75, 3.05) is 32.0 Å². The first kappa shape index (κ1) is 21.6. The van der Waals surface area contributed by atoms with Gasteiger partial charge in [0.05, 0.1) is 22.5 Å². The fourth-order valence-corrected chi connectivity index (χ4v) is 3.81. The largest absolute Gasteiger partial charge is 0.340 e. The number of anilines is 1. The van der Waals surface area contributed by atoms with Crippen molar-refractivity contribution in [3.63, 3.8) is 0 Å². The van der Waals surface area contributed by atoms with Crippen LogP contribution in [0.5, 0.6) is 0 Å². The predicted molar refractivity (Wildman–Crippen MR) is 117 cm³/mol. The molecule has 1 unspecified atom stereocenters. The maximum Gasteiger partial charge on any atom is 0.236 e. The summed E-state index contributed by atoms with van der Waals surface area (Å²) in [6.45, 7) is 2.17. The topological polar surface area (TPSA) is 52.7 Å². The van der Waals surface area contributed by atoms with Gasteiger partial charge in [-0.3, -0.25) is 14.5 Å². The average molecular weight is 434 g/mol. The van der Waals surface area contributed by atoms with E-state index in [0.717, 1.165) is 30.6 Å². The number of para-hydroxylation sites is 1. The Kier molecular flexibility index (Phi) is 7.53. The zero-order valence-corrected chi connectivity index (χ0v) is 17.9. The molecular formula is C22H25Cl2N3O2. The van der Waals surface area contributed by atoms with Gasteiger partial charge in [0.25, 0.3) is 0 Å². The first-order chi connectivity index (χ1) is 13.9. The second-order valence-corrected chi connectivity index (χ2v) is 8.24. The highest BCUT2D eigenvalue weighted by atomic mass is 35.5. The van der Waals surface area contributed by atoms with Crippen LogP contribution in [0.25, 0.3) is 0 Å². The number of benzene rings is 2. The molecule has 5 nitrogen and oxygen atoms in total. The predicted octanol–water partition coefficient (Wildman–Crippen LogP) is 4.30. The molecule has 7 heteroatoms. The third-order valence-electron chi connectivity index (χ3n) is 5.11. The van der Waals surface area contributed by atoms with Gasteiger partial charge in [0.1, 0.15) is 0 Å². The average Bonchev–Trinajstić information content (AvgIpc) is 2.71. The standard InChI is InChI=1S/C22H25Cl2N3O2/c1-26(13-16-9-10-19(23)20(24)12-16)21(28)15-27-11-5-6-17(14-27)22(29)25-18-7-3-2-4-8-18/h2-4,7-10,12,17H,5-6,11,13-15H2,1H3,(H,25,29). The van der Waals surface area contributed by atoms with E-state index in [1.807, 2.05) is 36.4 Å². The molecule has 2 aromatic rings. The molecule has 1 aliphatic rings. The molecule has 0 saturated carbocycles. The fourth-order valence-electron chi connectivity index (χ4n) is 3.49. The summed E-state index contributed by atoms with van der Waals surface area (Å²) in [7, 11) is 1.77.